The second kappa shape index (κ2) is 8.82. The number of carbonyl (C=O) groups is 1. The highest BCUT2D eigenvalue weighted by Gasteiger charge is 2.27. The molecule has 7 nitrogen and oxygen atoms in total. The van der Waals surface area contributed by atoms with Crippen LogP contribution in [-0.2, 0) is 11.3 Å². The average molecular weight is 392 g/mol. The molecular formula is C19H29N5O2S. The van der Waals surface area contributed by atoms with Crippen LogP contribution in [0, 0.1) is 11.8 Å². The van der Waals surface area contributed by atoms with Crippen LogP contribution in [0.2, 0.25) is 0 Å². The van der Waals surface area contributed by atoms with Crippen molar-refractivity contribution >= 4 is 23.6 Å². The molecule has 1 saturated heterocycles. The molecular weight excluding hydrogens is 362 g/mol. The van der Waals surface area contributed by atoms with Crippen LogP contribution in [0.25, 0.3) is 0 Å². The summed E-state index contributed by atoms with van der Waals surface area (Å²) in [6.45, 7) is 11.0. The normalized spacial score (nSPS) is 20.3. The molecule has 2 aromatic heterocycles. The number of nitrogens with one attached hydrogen (secondary N) is 1. The summed E-state index contributed by atoms with van der Waals surface area (Å²) in [7, 11) is 0. The molecule has 27 heavy (non-hydrogen) atoms. The Balaban J connectivity index is 1.80. The minimum atomic E-state index is 0.00400. The van der Waals surface area contributed by atoms with Crippen LogP contribution in [0.4, 0.5) is 5.95 Å². The van der Waals surface area contributed by atoms with Gasteiger partial charge in [-0.15, -0.1) is 10.2 Å². The quantitative estimate of drug-likeness (QED) is 0.731. The predicted molar refractivity (Wildman–Crippen MR) is 107 cm³/mol. The van der Waals surface area contributed by atoms with E-state index in [-0.39, 0.29) is 11.9 Å². The van der Waals surface area contributed by atoms with Crippen molar-refractivity contribution in [3.63, 3.8) is 0 Å². The number of aromatic nitrogens is 3. The fourth-order valence-corrected chi connectivity index (χ4v) is 4.38. The highest BCUT2D eigenvalue weighted by atomic mass is 32.2. The van der Waals surface area contributed by atoms with Gasteiger partial charge in [-0.1, -0.05) is 25.6 Å². The van der Waals surface area contributed by atoms with Crippen molar-refractivity contribution in [3.05, 3.63) is 24.2 Å². The average Bonchev–Trinajstić information content (AvgIpc) is 3.22. The van der Waals surface area contributed by atoms with Crippen LogP contribution in [0.15, 0.2) is 28.0 Å². The number of amides is 1. The Bertz CT molecular complexity index is 733. The van der Waals surface area contributed by atoms with Crippen molar-refractivity contribution in [3.8, 4) is 0 Å². The molecule has 3 rings (SSSR count). The molecule has 1 aliphatic rings. The Kier molecular flexibility index (Phi) is 6.46. The van der Waals surface area contributed by atoms with E-state index in [1.165, 1.54) is 18.2 Å². The van der Waals surface area contributed by atoms with E-state index in [0.29, 0.717) is 24.1 Å². The molecule has 1 fully saturated rings. The maximum Gasteiger partial charge on any atom is 0.230 e. The number of anilines is 1. The third-order valence-corrected chi connectivity index (χ3v) is 5.49. The number of furan rings is 1. The van der Waals surface area contributed by atoms with Crippen LogP contribution < -0.4 is 10.2 Å². The number of thioether (sulfide) groups is 1. The fraction of sp³-hybridized carbons (Fsp3) is 0.632. The lowest BCUT2D eigenvalue weighted by atomic mass is 9.92. The number of hydrogen-bond donors (Lipinski definition) is 1. The smallest absolute Gasteiger partial charge is 0.230 e. The Morgan fingerprint density at radius 1 is 1.33 bits per heavy atom. The summed E-state index contributed by atoms with van der Waals surface area (Å²) in [5, 5.41) is 12.5. The third kappa shape index (κ3) is 5.28. The Morgan fingerprint density at radius 2 is 2.07 bits per heavy atom. The van der Waals surface area contributed by atoms with Crippen molar-refractivity contribution in [2.75, 3.05) is 23.7 Å². The van der Waals surface area contributed by atoms with Gasteiger partial charge in [-0.05, 0) is 44.2 Å². The van der Waals surface area contributed by atoms with Crippen LogP contribution in [0.1, 0.15) is 39.9 Å². The highest BCUT2D eigenvalue weighted by molar-refractivity contribution is 7.99. The summed E-state index contributed by atoms with van der Waals surface area (Å²) in [6, 6.07) is 3.96. The monoisotopic (exact) mass is 391 g/mol. The van der Waals surface area contributed by atoms with E-state index in [1.54, 1.807) is 6.26 Å². The highest BCUT2D eigenvalue weighted by Crippen LogP contribution is 2.28. The van der Waals surface area contributed by atoms with Gasteiger partial charge < -0.3 is 14.6 Å². The Morgan fingerprint density at radius 3 is 2.70 bits per heavy atom. The molecule has 0 aliphatic carbocycles. The summed E-state index contributed by atoms with van der Waals surface area (Å²) in [4.78, 5) is 14.3. The molecule has 0 unspecified atom stereocenters. The maximum absolute atomic E-state index is 12.0. The Hall–Kier alpha value is -1.96. The van der Waals surface area contributed by atoms with Crippen molar-refractivity contribution in [1.82, 2.24) is 20.1 Å². The van der Waals surface area contributed by atoms with Gasteiger partial charge in [0.25, 0.3) is 0 Å². The minimum Gasteiger partial charge on any atom is -0.467 e. The van der Waals surface area contributed by atoms with Crippen molar-refractivity contribution in [2.24, 2.45) is 11.8 Å². The molecule has 2 atom stereocenters. The van der Waals surface area contributed by atoms with Gasteiger partial charge in [0.2, 0.25) is 11.9 Å². The molecule has 3 heterocycles. The van der Waals surface area contributed by atoms with Crippen molar-refractivity contribution in [1.29, 1.82) is 0 Å². The SMILES string of the molecule is CC(C)NC(=O)CSc1nnc(N2C[C@H](C)C[C@@H](C)C2)n1Cc1ccco1. The van der Waals surface area contributed by atoms with Gasteiger partial charge in [0.15, 0.2) is 5.16 Å². The second-order valence-electron chi connectivity index (χ2n) is 7.81. The predicted octanol–water partition coefficient (Wildman–Crippen LogP) is 3.02. The van der Waals surface area contributed by atoms with Gasteiger partial charge in [-0.3, -0.25) is 9.36 Å². The second-order valence-corrected chi connectivity index (χ2v) is 8.75. The van der Waals surface area contributed by atoms with Crippen LogP contribution >= 0.6 is 11.8 Å². The summed E-state index contributed by atoms with van der Waals surface area (Å²) >= 11 is 1.41. The molecule has 2 aromatic rings. The largest absolute Gasteiger partial charge is 0.467 e. The Labute approximate surface area is 164 Å². The first-order valence-corrected chi connectivity index (χ1v) is 10.5. The molecule has 0 spiro atoms. The molecule has 0 bridgehead atoms. The van der Waals surface area contributed by atoms with E-state index in [9.17, 15) is 4.79 Å². The molecule has 0 saturated carbocycles. The van der Waals surface area contributed by atoms with Crippen molar-refractivity contribution in [2.45, 2.75) is 51.9 Å². The van der Waals surface area contributed by atoms with Crippen LogP contribution in [0.3, 0.4) is 0 Å². The van der Waals surface area contributed by atoms with Gasteiger partial charge in [-0.2, -0.15) is 0 Å². The number of carbonyl (C=O) groups excluding carboxylic acids is 1. The number of nitrogens with zero attached hydrogens (tertiary/aromatic N) is 4. The lowest BCUT2D eigenvalue weighted by Crippen LogP contribution is -2.40. The first kappa shape index (κ1) is 19.8. The van der Waals surface area contributed by atoms with Gasteiger partial charge in [0.05, 0.1) is 18.6 Å². The first-order chi connectivity index (χ1) is 12.9. The first-order valence-electron chi connectivity index (χ1n) is 9.55. The van der Waals surface area contributed by atoms with E-state index < -0.39 is 0 Å². The standard InChI is InChI=1S/C19H29N5O2S/c1-13(2)20-17(25)12-27-19-22-21-18(23-9-14(3)8-15(4)10-23)24(19)11-16-6-5-7-26-16/h5-7,13-15H,8-12H2,1-4H3,(H,20,25)/t14-,15-/m1/s1. The van der Waals surface area contributed by atoms with E-state index in [2.05, 4.69) is 38.8 Å². The lowest BCUT2D eigenvalue weighted by molar-refractivity contribution is -0.119. The van der Waals surface area contributed by atoms with E-state index in [4.69, 9.17) is 4.42 Å². The van der Waals surface area contributed by atoms with E-state index in [0.717, 1.165) is 30.0 Å². The maximum atomic E-state index is 12.0. The minimum absolute atomic E-state index is 0.00400. The fourth-order valence-electron chi connectivity index (χ4n) is 3.64. The van der Waals surface area contributed by atoms with Gasteiger partial charge in [0, 0.05) is 19.1 Å². The molecule has 148 valence electrons. The molecule has 1 N–H and O–H groups in total. The van der Waals surface area contributed by atoms with Crippen molar-refractivity contribution < 1.29 is 9.21 Å². The van der Waals surface area contributed by atoms with E-state index in [1.807, 2.05) is 26.0 Å². The molecule has 1 aliphatic heterocycles. The molecule has 0 radical (unpaired) electrons. The number of rotatable bonds is 7. The van der Waals surface area contributed by atoms with Gasteiger partial charge in [-0.25, -0.2) is 0 Å². The summed E-state index contributed by atoms with van der Waals surface area (Å²) in [5.41, 5.74) is 0. The van der Waals surface area contributed by atoms with Crippen LogP contribution in [0.5, 0.6) is 0 Å². The van der Waals surface area contributed by atoms with E-state index >= 15 is 0 Å². The topological polar surface area (TPSA) is 76.2 Å². The summed E-state index contributed by atoms with van der Waals surface area (Å²) in [5.74, 6) is 3.27. The number of hydrogen-bond acceptors (Lipinski definition) is 6. The van der Waals surface area contributed by atoms with Crippen LogP contribution in [-0.4, -0.2) is 45.6 Å². The summed E-state index contributed by atoms with van der Waals surface area (Å²) in [6.07, 6.45) is 2.91. The zero-order valence-electron chi connectivity index (χ0n) is 16.5. The zero-order chi connectivity index (χ0) is 19.4. The molecule has 1 amide bonds. The third-order valence-electron chi connectivity index (χ3n) is 4.53. The zero-order valence-corrected chi connectivity index (χ0v) is 17.3. The van der Waals surface area contributed by atoms with Gasteiger partial charge in [0.1, 0.15) is 5.76 Å². The number of piperidine rings is 1. The van der Waals surface area contributed by atoms with Gasteiger partial charge >= 0.3 is 0 Å². The summed E-state index contributed by atoms with van der Waals surface area (Å²) < 4.78 is 7.61. The molecule has 8 heteroatoms. The molecule has 0 aromatic carbocycles. The lowest BCUT2D eigenvalue weighted by Gasteiger charge is -2.35.